The zero-order chi connectivity index (χ0) is 14.7. The fourth-order valence-corrected chi connectivity index (χ4v) is 3.36. The summed E-state index contributed by atoms with van der Waals surface area (Å²) in [7, 11) is 0. The lowest BCUT2D eigenvalue weighted by Crippen LogP contribution is -1.87. The maximum Gasteiger partial charge on any atom is 0.142 e. The molecule has 1 heterocycles. The van der Waals surface area contributed by atoms with E-state index in [1.165, 1.54) is 0 Å². The van der Waals surface area contributed by atoms with E-state index in [1.54, 1.807) is 17.6 Å². The second-order valence-electron chi connectivity index (χ2n) is 4.41. The highest BCUT2D eigenvalue weighted by Crippen LogP contribution is 2.33. The van der Waals surface area contributed by atoms with Gasteiger partial charge in [-0.25, -0.2) is 0 Å². The van der Waals surface area contributed by atoms with Gasteiger partial charge in [0.1, 0.15) is 6.61 Å². The Morgan fingerprint density at radius 2 is 1.81 bits per heavy atom. The summed E-state index contributed by atoms with van der Waals surface area (Å²) in [6.45, 7) is 0.399. The van der Waals surface area contributed by atoms with E-state index in [0.717, 1.165) is 25.5 Å². The lowest BCUT2D eigenvalue weighted by Gasteiger charge is -1.99. The van der Waals surface area contributed by atoms with E-state index in [9.17, 15) is 0 Å². The maximum absolute atomic E-state index is 6.32. The molecule has 2 nitrogen and oxygen atoms in total. The molecule has 0 aliphatic heterocycles. The Labute approximate surface area is 136 Å². The number of hydrogen-bond donors (Lipinski definition) is 0. The van der Waals surface area contributed by atoms with Gasteiger partial charge in [0.2, 0.25) is 0 Å². The van der Waals surface area contributed by atoms with Gasteiger partial charge in [0.25, 0.3) is 0 Å². The lowest BCUT2D eigenvalue weighted by molar-refractivity contribution is 0.132. The largest absolute Gasteiger partial charge is 0.391 e. The Hall–Kier alpha value is -1.55. The molecule has 0 saturated heterocycles. The van der Waals surface area contributed by atoms with Gasteiger partial charge in [0.15, 0.2) is 0 Å². The highest BCUT2D eigenvalue weighted by molar-refractivity contribution is 7.21. The number of hydrogen-bond acceptors (Lipinski definition) is 3. The molecular formula is C16H11Cl2NOS. The minimum Gasteiger partial charge on any atom is -0.391 e. The number of fused-ring (bicyclic) bond motifs is 1. The van der Waals surface area contributed by atoms with Gasteiger partial charge in [0, 0.05) is 15.1 Å². The molecule has 0 spiro atoms. The molecule has 0 aliphatic carbocycles. The van der Waals surface area contributed by atoms with Crippen LogP contribution in [0.15, 0.2) is 53.7 Å². The molecule has 0 fully saturated rings. The summed E-state index contributed by atoms with van der Waals surface area (Å²) in [4.78, 5) is 6.19. The van der Waals surface area contributed by atoms with Gasteiger partial charge in [-0.15, -0.1) is 11.3 Å². The van der Waals surface area contributed by atoms with Crippen LogP contribution in [0, 0.1) is 0 Å². The minimum absolute atomic E-state index is 0.399. The Bertz CT molecular complexity index is 781. The zero-order valence-electron chi connectivity index (χ0n) is 10.9. The first kappa shape index (κ1) is 14.4. The Morgan fingerprint density at radius 1 is 1.05 bits per heavy atom. The van der Waals surface area contributed by atoms with Crippen LogP contribution in [0.2, 0.25) is 10.0 Å². The van der Waals surface area contributed by atoms with Crippen LogP contribution in [-0.2, 0) is 11.4 Å². The monoisotopic (exact) mass is 335 g/mol. The number of oxime groups is 1. The van der Waals surface area contributed by atoms with Crippen LogP contribution in [0.3, 0.4) is 0 Å². The lowest BCUT2D eigenvalue weighted by atomic mass is 10.2. The first-order valence-electron chi connectivity index (χ1n) is 6.31. The van der Waals surface area contributed by atoms with Crippen molar-refractivity contribution in [1.82, 2.24) is 0 Å². The summed E-state index contributed by atoms with van der Waals surface area (Å²) >= 11 is 13.7. The molecule has 0 radical (unpaired) electrons. The smallest absolute Gasteiger partial charge is 0.142 e. The second-order valence-corrected chi connectivity index (χ2v) is 6.31. The SMILES string of the molecule is Clc1ccc(CO/N=C/c2sc3ccccc3c2Cl)cc1. The molecular weight excluding hydrogens is 325 g/mol. The van der Waals surface area contributed by atoms with Crippen molar-refractivity contribution in [3.05, 3.63) is 69.0 Å². The molecule has 1 aromatic heterocycles. The maximum atomic E-state index is 6.32. The van der Waals surface area contributed by atoms with Crippen molar-refractivity contribution in [2.45, 2.75) is 6.61 Å². The summed E-state index contributed by atoms with van der Waals surface area (Å²) in [6, 6.07) is 15.5. The first-order chi connectivity index (χ1) is 10.2. The van der Waals surface area contributed by atoms with Crippen molar-refractivity contribution in [2.75, 3.05) is 0 Å². The predicted molar refractivity (Wildman–Crippen MR) is 90.7 cm³/mol. The van der Waals surface area contributed by atoms with E-state index in [1.807, 2.05) is 48.5 Å². The highest BCUT2D eigenvalue weighted by Gasteiger charge is 2.07. The quantitative estimate of drug-likeness (QED) is 0.438. The number of rotatable bonds is 4. The molecule has 21 heavy (non-hydrogen) atoms. The summed E-state index contributed by atoms with van der Waals surface area (Å²) in [5.41, 5.74) is 1.01. The van der Waals surface area contributed by atoms with Gasteiger partial charge in [0.05, 0.1) is 16.1 Å². The molecule has 0 atom stereocenters. The van der Waals surface area contributed by atoms with Crippen LogP contribution in [-0.4, -0.2) is 6.21 Å². The van der Waals surface area contributed by atoms with Gasteiger partial charge < -0.3 is 4.84 Å². The molecule has 0 unspecified atom stereocenters. The van der Waals surface area contributed by atoms with Crippen LogP contribution in [0.4, 0.5) is 0 Å². The third-order valence-corrected chi connectivity index (χ3v) is 4.83. The number of benzene rings is 2. The fraction of sp³-hybridized carbons (Fsp3) is 0.0625. The Balaban J connectivity index is 1.67. The summed E-state index contributed by atoms with van der Waals surface area (Å²) in [6.07, 6.45) is 1.66. The standard InChI is InChI=1S/C16H11Cl2NOS/c17-12-7-5-11(6-8-12)10-20-19-9-15-16(18)13-3-1-2-4-14(13)21-15/h1-9H,10H2/b19-9+. The van der Waals surface area contributed by atoms with Crippen molar-refractivity contribution < 1.29 is 4.84 Å². The van der Waals surface area contributed by atoms with Crippen LogP contribution >= 0.6 is 34.5 Å². The summed E-state index contributed by atoms with van der Waals surface area (Å²) in [5, 5.41) is 6.45. The van der Waals surface area contributed by atoms with Gasteiger partial charge in [-0.3, -0.25) is 0 Å². The van der Waals surface area contributed by atoms with E-state index < -0.39 is 0 Å². The number of thiophene rings is 1. The van der Waals surface area contributed by atoms with Gasteiger partial charge in [-0.2, -0.15) is 0 Å². The van der Waals surface area contributed by atoms with Gasteiger partial charge >= 0.3 is 0 Å². The van der Waals surface area contributed by atoms with Crippen LogP contribution in [0.1, 0.15) is 10.4 Å². The molecule has 3 aromatic rings. The third kappa shape index (κ3) is 3.38. The van der Waals surface area contributed by atoms with E-state index >= 15 is 0 Å². The second kappa shape index (κ2) is 6.48. The molecule has 106 valence electrons. The van der Waals surface area contributed by atoms with Crippen LogP contribution in [0.25, 0.3) is 10.1 Å². The molecule has 0 bridgehead atoms. The molecule has 2 aromatic carbocycles. The predicted octanol–water partition coefficient (Wildman–Crippen LogP) is 5.76. The fourth-order valence-electron chi connectivity index (χ4n) is 1.89. The van der Waals surface area contributed by atoms with E-state index in [0.29, 0.717) is 11.6 Å². The molecule has 3 rings (SSSR count). The summed E-state index contributed by atoms with van der Waals surface area (Å²) < 4.78 is 1.14. The Kier molecular flexibility index (Phi) is 4.44. The topological polar surface area (TPSA) is 21.6 Å². The number of nitrogens with zero attached hydrogens (tertiary/aromatic N) is 1. The molecule has 5 heteroatoms. The van der Waals surface area contributed by atoms with Gasteiger partial charge in [-0.05, 0) is 23.8 Å². The van der Waals surface area contributed by atoms with E-state index in [-0.39, 0.29) is 0 Å². The molecule has 0 aliphatic rings. The normalized spacial score (nSPS) is 11.3. The minimum atomic E-state index is 0.399. The molecule has 0 N–H and O–H groups in total. The van der Waals surface area contributed by atoms with Gasteiger partial charge in [-0.1, -0.05) is 58.7 Å². The van der Waals surface area contributed by atoms with Crippen LogP contribution in [0.5, 0.6) is 0 Å². The zero-order valence-corrected chi connectivity index (χ0v) is 13.3. The molecule has 0 amide bonds. The van der Waals surface area contributed by atoms with E-state index in [4.69, 9.17) is 28.0 Å². The third-order valence-electron chi connectivity index (χ3n) is 2.95. The average molecular weight is 336 g/mol. The van der Waals surface area contributed by atoms with Crippen molar-refractivity contribution >= 4 is 50.8 Å². The Morgan fingerprint density at radius 3 is 2.57 bits per heavy atom. The average Bonchev–Trinajstić information content (AvgIpc) is 2.82. The number of halogens is 2. The van der Waals surface area contributed by atoms with Crippen molar-refractivity contribution in [3.63, 3.8) is 0 Å². The first-order valence-corrected chi connectivity index (χ1v) is 7.88. The summed E-state index contributed by atoms with van der Waals surface area (Å²) in [5.74, 6) is 0. The highest BCUT2D eigenvalue weighted by atomic mass is 35.5. The van der Waals surface area contributed by atoms with Crippen LogP contribution < -0.4 is 0 Å². The van der Waals surface area contributed by atoms with E-state index in [2.05, 4.69) is 5.16 Å². The molecule has 0 saturated carbocycles. The van der Waals surface area contributed by atoms with Crippen molar-refractivity contribution in [2.24, 2.45) is 5.16 Å². The van der Waals surface area contributed by atoms with Crippen molar-refractivity contribution in [3.8, 4) is 0 Å². The van der Waals surface area contributed by atoms with Crippen molar-refractivity contribution in [1.29, 1.82) is 0 Å².